The molecule has 3 heterocycles. The molecule has 2 fully saturated rings. The zero-order valence-electron chi connectivity index (χ0n) is 15.1. The second kappa shape index (κ2) is 5.69. The van der Waals surface area contributed by atoms with E-state index < -0.39 is 0 Å². The van der Waals surface area contributed by atoms with Gasteiger partial charge in [0.1, 0.15) is 0 Å². The molecule has 4 rings (SSSR count). The van der Waals surface area contributed by atoms with E-state index in [0.29, 0.717) is 11.8 Å². The zero-order chi connectivity index (χ0) is 16.9. The molecular formula is C18H27N5O. The third kappa shape index (κ3) is 2.39. The first-order valence-electron chi connectivity index (χ1n) is 9.03. The second-order valence-electron chi connectivity index (χ2n) is 7.93. The van der Waals surface area contributed by atoms with Crippen LogP contribution in [0.25, 0.3) is 0 Å². The molecule has 1 aliphatic carbocycles. The van der Waals surface area contributed by atoms with Gasteiger partial charge in [-0.25, -0.2) is 0 Å². The lowest BCUT2D eigenvalue weighted by Crippen LogP contribution is -2.32. The Hall–Kier alpha value is -1.69. The third-order valence-electron chi connectivity index (χ3n) is 5.97. The first kappa shape index (κ1) is 15.8. The average molecular weight is 329 g/mol. The molecule has 24 heavy (non-hydrogen) atoms. The molecule has 2 aromatic heterocycles. The normalized spacial score (nSPS) is 27.3. The first-order chi connectivity index (χ1) is 11.5. The van der Waals surface area contributed by atoms with Gasteiger partial charge in [-0.3, -0.25) is 9.58 Å². The van der Waals surface area contributed by atoms with Crippen LogP contribution in [0.5, 0.6) is 0 Å². The molecule has 0 radical (unpaired) electrons. The van der Waals surface area contributed by atoms with E-state index in [2.05, 4.69) is 35.9 Å². The average Bonchev–Trinajstić information content (AvgIpc) is 3.26. The van der Waals surface area contributed by atoms with Crippen molar-refractivity contribution >= 4 is 0 Å². The maximum absolute atomic E-state index is 5.74. The van der Waals surface area contributed by atoms with Crippen molar-refractivity contribution in [2.75, 3.05) is 13.1 Å². The van der Waals surface area contributed by atoms with Gasteiger partial charge in [-0.1, -0.05) is 25.4 Å². The monoisotopic (exact) mass is 329 g/mol. The lowest BCUT2D eigenvalue weighted by atomic mass is 9.80. The highest BCUT2D eigenvalue weighted by atomic mass is 16.5. The maximum Gasteiger partial charge on any atom is 0.234 e. The summed E-state index contributed by atoms with van der Waals surface area (Å²) in [6, 6.07) is 0. The first-order valence-corrected chi connectivity index (χ1v) is 9.03. The van der Waals surface area contributed by atoms with Crippen molar-refractivity contribution in [2.24, 2.45) is 13.0 Å². The number of rotatable bonds is 4. The highest BCUT2D eigenvalue weighted by Gasteiger charge is 2.54. The van der Waals surface area contributed by atoms with Crippen LogP contribution in [0.1, 0.15) is 62.0 Å². The van der Waals surface area contributed by atoms with E-state index in [9.17, 15) is 0 Å². The lowest BCUT2D eigenvalue weighted by Gasteiger charge is -2.24. The summed E-state index contributed by atoms with van der Waals surface area (Å²) in [7, 11) is 2.03. The molecule has 2 atom stereocenters. The summed E-state index contributed by atoms with van der Waals surface area (Å²) in [4.78, 5) is 7.32. The molecule has 1 saturated heterocycles. The summed E-state index contributed by atoms with van der Waals surface area (Å²) < 4.78 is 7.74. The van der Waals surface area contributed by atoms with Gasteiger partial charge in [0.15, 0.2) is 5.82 Å². The van der Waals surface area contributed by atoms with E-state index in [0.717, 1.165) is 37.8 Å². The summed E-state index contributed by atoms with van der Waals surface area (Å²) in [5, 5.41) is 8.60. The lowest BCUT2D eigenvalue weighted by molar-refractivity contribution is 0.242. The Kier molecular flexibility index (Phi) is 3.75. The van der Waals surface area contributed by atoms with Crippen molar-refractivity contribution in [1.29, 1.82) is 0 Å². The fraction of sp³-hybridized carbons (Fsp3) is 0.722. The van der Waals surface area contributed by atoms with Crippen LogP contribution < -0.4 is 0 Å². The Labute approximate surface area is 143 Å². The van der Waals surface area contributed by atoms with Crippen LogP contribution in [0.15, 0.2) is 10.7 Å². The number of hydrogen-bond donors (Lipinski definition) is 0. The molecule has 0 N–H and O–H groups in total. The molecule has 2 aliphatic rings. The van der Waals surface area contributed by atoms with Crippen LogP contribution in [0.3, 0.4) is 0 Å². The Bertz CT molecular complexity index is 714. The predicted molar refractivity (Wildman–Crippen MR) is 90.6 cm³/mol. The molecule has 6 heteroatoms. The minimum atomic E-state index is 0.0621. The van der Waals surface area contributed by atoms with Crippen LogP contribution in [-0.4, -0.2) is 37.9 Å². The molecule has 6 nitrogen and oxygen atoms in total. The van der Waals surface area contributed by atoms with Gasteiger partial charge in [-0.15, -0.1) is 0 Å². The number of likely N-dealkylation sites (tertiary alicyclic amines) is 1. The van der Waals surface area contributed by atoms with Crippen molar-refractivity contribution in [3.8, 4) is 0 Å². The van der Waals surface area contributed by atoms with Crippen LogP contribution in [0, 0.1) is 12.8 Å². The molecule has 130 valence electrons. The Balaban J connectivity index is 1.59. The minimum Gasteiger partial charge on any atom is -0.339 e. The molecule has 0 aromatic carbocycles. The molecular weight excluding hydrogens is 302 g/mol. The smallest absolute Gasteiger partial charge is 0.234 e. The number of fused-ring (bicyclic) bond motifs is 1. The standard InChI is InChI=1S/C18H27N5O/c1-12(2)16-20-17(24-21-16)18-7-5-6-14(18)9-23(11-18)10-15-13(3)8-19-22(15)4/h8,12,14H,5-7,9-11H2,1-4H3/t14-,18-/m1/s1. The summed E-state index contributed by atoms with van der Waals surface area (Å²) in [5.41, 5.74) is 2.63. The van der Waals surface area contributed by atoms with Gasteiger partial charge in [0, 0.05) is 32.6 Å². The van der Waals surface area contributed by atoms with E-state index in [1.165, 1.54) is 24.1 Å². The van der Waals surface area contributed by atoms with Gasteiger partial charge < -0.3 is 4.52 Å². The fourth-order valence-electron chi connectivity index (χ4n) is 4.55. The minimum absolute atomic E-state index is 0.0621. The highest BCUT2D eigenvalue weighted by Crippen LogP contribution is 2.50. The van der Waals surface area contributed by atoms with Gasteiger partial charge in [0.2, 0.25) is 5.89 Å². The largest absolute Gasteiger partial charge is 0.339 e. The van der Waals surface area contributed by atoms with E-state index in [4.69, 9.17) is 9.51 Å². The molecule has 0 bridgehead atoms. The Morgan fingerprint density at radius 2 is 2.25 bits per heavy atom. The molecule has 1 saturated carbocycles. The van der Waals surface area contributed by atoms with E-state index >= 15 is 0 Å². The van der Waals surface area contributed by atoms with E-state index in [1.54, 1.807) is 0 Å². The van der Waals surface area contributed by atoms with Crippen molar-refractivity contribution in [2.45, 2.75) is 57.9 Å². The molecule has 0 amide bonds. The van der Waals surface area contributed by atoms with Crippen LogP contribution in [0.4, 0.5) is 0 Å². The summed E-state index contributed by atoms with van der Waals surface area (Å²) in [5.74, 6) is 2.66. The predicted octanol–water partition coefficient (Wildman–Crippen LogP) is 2.79. The maximum atomic E-state index is 5.74. The molecule has 1 aliphatic heterocycles. The van der Waals surface area contributed by atoms with Crippen molar-refractivity contribution in [1.82, 2.24) is 24.8 Å². The van der Waals surface area contributed by atoms with Gasteiger partial charge in [0.25, 0.3) is 0 Å². The highest BCUT2D eigenvalue weighted by molar-refractivity contribution is 5.20. The number of aryl methyl sites for hydroxylation is 2. The van der Waals surface area contributed by atoms with Gasteiger partial charge >= 0.3 is 0 Å². The summed E-state index contributed by atoms with van der Waals surface area (Å²) >= 11 is 0. The van der Waals surface area contributed by atoms with Gasteiger partial charge in [-0.2, -0.15) is 10.1 Å². The number of aromatic nitrogens is 4. The topological polar surface area (TPSA) is 60.0 Å². The van der Waals surface area contributed by atoms with Gasteiger partial charge in [0.05, 0.1) is 17.3 Å². The van der Waals surface area contributed by atoms with Crippen LogP contribution in [-0.2, 0) is 19.0 Å². The second-order valence-corrected chi connectivity index (χ2v) is 7.93. The van der Waals surface area contributed by atoms with E-state index in [1.807, 2.05) is 17.9 Å². The number of nitrogens with zero attached hydrogens (tertiary/aromatic N) is 5. The van der Waals surface area contributed by atoms with Crippen molar-refractivity contribution in [3.05, 3.63) is 29.2 Å². The van der Waals surface area contributed by atoms with Crippen LogP contribution in [0.2, 0.25) is 0 Å². The van der Waals surface area contributed by atoms with Crippen LogP contribution >= 0.6 is 0 Å². The quantitative estimate of drug-likeness (QED) is 0.863. The Morgan fingerprint density at radius 3 is 2.92 bits per heavy atom. The number of hydrogen-bond acceptors (Lipinski definition) is 5. The third-order valence-corrected chi connectivity index (χ3v) is 5.97. The molecule has 2 aromatic rings. The van der Waals surface area contributed by atoms with Gasteiger partial charge in [-0.05, 0) is 31.2 Å². The summed E-state index contributed by atoms with van der Waals surface area (Å²) in [6.07, 6.45) is 5.65. The molecule has 0 spiro atoms. The fourth-order valence-corrected chi connectivity index (χ4v) is 4.55. The molecule has 0 unspecified atom stereocenters. The summed E-state index contributed by atoms with van der Waals surface area (Å²) in [6.45, 7) is 9.45. The SMILES string of the molecule is Cc1cnn(C)c1CN1C[C@H]2CCC[C@@]2(c2nc(C(C)C)no2)C1. The Morgan fingerprint density at radius 1 is 1.42 bits per heavy atom. The van der Waals surface area contributed by atoms with E-state index in [-0.39, 0.29) is 5.41 Å². The zero-order valence-corrected chi connectivity index (χ0v) is 15.1. The van der Waals surface area contributed by atoms with Crippen molar-refractivity contribution in [3.63, 3.8) is 0 Å². The van der Waals surface area contributed by atoms with Crippen molar-refractivity contribution < 1.29 is 4.52 Å².